The lowest BCUT2D eigenvalue weighted by Gasteiger charge is -2.07. The number of rotatable bonds is 3. The van der Waals surface area contributed by atoms with Crippen LogP contribution in [0, 0.1) is 10.5 Å². The monoisotopic (exact) mass is 414 g/mol. The molecule has 1 aromatic heterocycles. The van der Waals surface area contributed by atoms with Gasteiger partial charge >= 0.3 is 0 Å². The van der Waals surface area contributed by atoms with Crippen molar-refractivity contribution in [3.8, 4) is 11.1 Å². The number of amides is 1. The van der Waals surface area contributed by atoms with Gasteiger partial charge in [0.15, 0.2) is 0 Å². The van der Waals surface area contributed by atoms with E-state index in [9.17, 15) is 4.79 Å². The normalized spacial score (nSPS) is 10.3. The molecule has 1 heterocycles. The van der Waals surface area contributed by atoms with Crippen molar-refractivity contribution in [3.63, 3.8) is 0 Å². The van der Waals surface area contributed by atoms with E-state index >= 15 is 0 Å². The molecule has 0 saturated heterocycles. The first-order valence-corrected chi connectivity index (χ1v) is 8.31. The Morgan fingerprint density at radius 2 is 1.57 bits per heavy atom. The van der Waals surface area contributed by atoms with Crippen LogP contribution in [-0.4, -0.2) is 10.9 Å². The summed E-state index contributed by atoms with van der Waals surface area (Å²) in [5.41, 5.74) is 3.74. The SMILES string of the molecule is Cc1nc(NC(=O)c2ccc(-c3ccccc3)cc2)ccc1I. The smallest absolute Gasteiger partial charge is 0.256 e. The van der Waals surface area contributed by atoms with E-state index in [0.717, 1.165) is 20.4 Å². The fourth-order valence-electron chi connectivity index (χ4n) is 2.25. The molecule has 1 amide bonds. The quantitative estimate of drug-likeness (QED) is 0.619. The molecule has 0 atom stereocenters. The van der Waals surface area contributed by atoms with Crippen molar-refractivity contribution < 1.29 is 4.79 Å². The summed E-state index contributed by atoms with van der Waals surface area (Å²) in [5, 5.41) is 2.83. The molecule has 3 nitrogen and oxygen atoms in total. The van der Waals surface area contributed by atoms with Crippen molar-refractivity contribution in [2.75, 3.05) is 5.32 Å². The van der Waals surface area contributed by atoms with Gasteiger partial charge in [0.2, 0.25) is 0 Å². The van der Waals surface area contributed by atoms with Crippen molar-refractivity contribution in [1.29, 1.82) is 0 Å². The summed E-state index contributed by atoms with van der Waals surface area (Å²) in [6.45, 7) is 1.92. The first-order chi connectivity index (χ1) is 11.1. The maximum absolute atomic E-state index is 12.3. The third-order valence-corrected chi connectivity index (χ3v) is 4.66. The van der Waals surface area contributed by atoms with Gasteiger partial charge in [0.05, 0.1) is 5.69 Å². The number of carbonyl (C=O) groups excluding carboxylic acids is 1. The van der Waals surface area contributed by atoms with Crippen LogP contribution in [0.2, 0.25) is 0 Å². The molecule has 1 N–H and O–H groups in total. The highest BCUT2D eigenvalue weighted by Crippen LogP contribution is 2.20. The average Bonchev–Trinajstić information content (AvgIpc) is 2.59. The van der Waals surface area contributed by atoms with Crippen LogP contribution in [0.5, 0.6) is 0 Å². The summed E-state index contributed by atoms with van der Waals surface area (Å²) in [6, 6.07) is 21.4. The molecule has 0 aliphatic rings. The number of aryl methyl sites for hydroxylation is 1. The zero-order chi connectivity index (χ0) is 16.2. The maximum atomic E-state index is 12.3. The Labute approximate surface area is 148 Å². The summed E-state index contributed by atoms with van der Waals surface area (Å²) in [7, 11) is 0. The van der Waals surface area contributed by atoms with Crippen molar-refractivity contribution in [3.05, 3.63) is 81.6 Å². The number of halogens is 1. The lowest BCUT2D eigenvalue weighted by molar-refractivity contribution is 0.102. The van der Waals surface area contributed by atoms with Gasteiger partial charge in [-0.05, 0) is 64.9 Å². The second-order valence-corrected chi connectivity index (χ2v) is 6.32. The molecular formula is C19H15IN2O. The standard InChI is InChI=1S/C19H15IN2O/c1-13-17(20)11-12-18(21-13)22-19(23)16-9-7-15(8-10-16)14-5-3-2-4-6-14/h2-12H,1H3,(H,21,22,23). The topological polar surface area (TPSA) is 42.0 Å². The first-order valence-electron chi connectivity index (χ1n) is 7.23. The third kappa shape index (κ3) is 3.76. The Morgan fingerprint density at radius 3 is 2.22 bits per heavy atom. The Morgan fingerprint density at radius 1 is 0.913 bits per heavy atom. The largest absolute Gasteiger partial charge is 0.307 e. The van der Waals surface area contributed by atoms with Gasteiger partial charge in [-0.15, -0.1) is 0 Å². The van der Waals surface area contributed by atoms with Crippen LogP contribution in [0.1, 0.15) is 16.1 Å². The molecule has 114 valence electrons. The molecular weight excluding hydrogens is 399 g/mol. The van der Waals surface area contributed by atoms with Crippen molar-refractivity contribution in [2.24, 2.45) is 0 Å². The van der Waals surface area contributed by atoms with Gasteiger partial charge in [0.1, 0.15) is 5.82 Å². The van der Waals surface area contributed by atoms with Crippen molar-refractivity contribution in [2.45, 2.75) is 6.92 Å². The average molecular weight is 414 g/mol. The summed E-state index contributed by atoms with van der Waals surface area (Å²) < 4.78 is 1.08. The summed E-state index contributed by atoms with van der Waals surface area (Å²) >= 11 is 2.22. The maximum Gasteiger partial charge on any atom is 0.256 e. The van der Waals surface area contributed by atoms with E-state index in [2.05, 4.69) is 32.9 Å². The molecule has 0 spiro atoms. The van der Waals surface area contributed by atoms with Crippen molar-refractivity contribution in [1.82, 2.24) is 4.98 Å². The molecule has 0 saturated carbocycles. The van der Waals surface area contributed by atoms with Crippen LogP contribution in [0.4, 0.5) is 5.82 Å². The van der Waals surface area contributed by atoms with E-state index in [0.29, 0.717) is 11.4 Å². The van der Waals surface area contributed by atoms with Gasteiger partial charge in [-0.1, -0.05) is 42.5 Å². The highest BCUT2D eigenvalue weighted by molar-refractivity contribution is 14.1. The highest BCUT2D eigenvalue weighted by Gasteiger charge is 2.08. The van der Waals surface area contributed by atoms with Crippen LogP contribution < -0.4 is 5.32 Å². The zero-order valence-electron chi connectivity index (χ0n) is 12.6. The number of carbonyl (C=O) groups is 1. The third-order valence-electron chi connectivity index (χ3n) is 3.52. The van der Waals surface area contributed by atoms with Gasteiger partial charge in [0, 0.05) is 9.13 Å². The number of anilines is 1. The van der Waals surface area contributed by atoms with E-state index in [1.165, 1.54) is 0 Å². The van der Waals surface area contributed by atoms with Crippen LogP contribution in [-0.2, 0) is 0 Å². The number of hydrogen-bond donors (Lipinski definition) is 1. The fraction of sp³-hybridized carbons (Fsp3) is 0.0526. The number of hydrogen-bond acceptors (Lipinski definition) is 2. The minimum Gasteiger partial charge on any atom is -0.307 e. The van der Waals surface area contributed by atoms with E-state index in [-0.39, 0.29) is 5.91 Å². The minimum atomic E-state index is -0.155. The van der Waals surface area contributed by atoms with Crippen molar-refractivity contribution >= 4 is 34.3 Å². The molecule has 4 heteroatoms. The summed E-state index contributed by atoms with van der Waals surface area (Å²) in [4.78, 5) is 16.7. The van der Waals surface area contributed by atoms with Gasteiger partial charge < -0.3 is 5.32 Å². The summed E-state index contributed by atoms with van der Waals surface area (Å²) in [6.07, 6.45) is 0. The van der Waals surface area contributed by atoms with Gasteiger partial charge in [-0.3, -0.25) is 4.79 Å². The predicted molar refractivity (Wildman–Crippen MR) is 102 cm³/mol. The highest BCUT2D eigenvalue weighted by atomic mass is 127. The Balaban J connectivity index is 1.76. The first kappa shape index (κ1) is 15.7. The second-order valence-electron chi connectivity index (χ2n) is 5.16. The van der Waals surface area contributed by atoms with Crippen LogP contribution in [0.25, 0.3) is 11.1 Å². The molecule has 0 aliphatic heterocycles. The van der Waals surface area contributed by atoms with Gasteiger partial charge in [-0.25, -0.2) is 4.98 Å². The fourth-order valence-corrected chi connectivity index (χ4v) is 2.55. The van der Waals surface area contributed by atoms with Gasteiger partial charge in [0.25, 0.3) is 5.91 Å². The minimum absolute atomic E-state index is 0.155. The molecule has 0 bridgehead atoms. The predicted octanol–water partition coefficient (Wildman–Crippen LogP) is 4.91. The summed E-state index contributed by atoms with van der Waals surface area (Å²) in [5.74, 6) is 0.415. The zero-order valence-corrected chi connectivity index (χ0v) is 14.7. The van der Waals surface area contributed by atoms with Crippen LogP contribution >= 0.6 is 22.6 Å². The van der Waals surface area contributed by atoms with E-state index in [4.69, 9.17) is 0 Å². The van der Waals surface area contributed by atoms with E-state index in [1.807, 2.05) is 73.7 Å². The molecule has 3 aromatic rings. The van der Waals surface area contributed by atoms with Gasteiger partial charge in [-0.2, -0.15) is 0 Å². The molecule has 2 aromatic carbocycles. The Hall–Kier alpha value is -2.21. The Kier molecular flexibility index (Phi) is 4.71. The number of benzene rings is 2. The van der Waals surface area contributed by atoms with Crippen LogP contribution in [0.15, 0.2) is 66.7 Å². The number of nitrogens with one attached hydrogen (secondary N) is 1. The molecule has 3 rings (SSSR count). The molecule has 0 fully saturated rings. The molecule has 0 aliphatic carbocycles. The van der Waals surface area contributed by atoms with Crippen LogP contribution in [0.3, 0.4) is 0 Å². The lowest BCUT2D eigenvalue weighted by Crippen LogP contribution is -2.13. The lowest BCUT2D eigenvalue weighted by atomic mass is 10.0. The Bertz CT molecular complexity index is 830. The number of nitrogens with zero attached hydrogens (tertiary/aromatic N) is 1. The number of pyridine rings is 1. The van der Waals surface area contributed by atoms with E-state index < -0.39 is 0 Å². The number of aromatic nitrogens is 1. The second kappa shape index (κ2) is 6.91. The van der Waals surface area contributed by atoms with E-state index in [1.54, 1.807) is 0 Å². The molecule has 0 unspecified atom stereocenters. The molecule has 23 heavy (non-hydrogen) atoms. The molecule has 0 radical (unpaired) electrons.